The Bertz CT molecular complexity index is 358. The Hall–Kier alpha value is -0.340. The van der Waals surface area contributed by atoms with Crippen molar-refractivity contribution >= 4 is 15.9 Å². The van der Waals surface area contributed by atoms with Gasteiger partial charge in [-0.25, -0.2) is 0 Å². The molecular formula is C16H26BrN. The van der Waals surface area contributed by atoms with Gasteiger partial charge in [-0.3, -0.25) is 0 Å². The van der Waals surface area contributed by atoms with Crippen molar-refractivity contribution in [1.29, 1.82) is 0 Å². The SMILES string of the molecule is CCCNC(c1ccc(Br)cc1C)C(CC)CC. The van der Waals surface area contributed by atoms with Gasteiger partial charge in [-0.1, -0.05) is 55.6 Å². The van der Waals surface area contributed by atoms with Gasteiger partial charge in [0.05, 0.1) is 0 Å². The predicted octanol–water partition coefficient (Wildman–Crippen LogP) is 5.23. The first kappa shape index (κ1) is 15.7. The van der Waals surface area contributed by atoms with E-state index in [0.29, 0.717) is 6.04 Å². The number of hydrogen-bond acceptors (Lipinski definition) is 1. The highest BCUT2D eigenvalue weighted by atomic mass is 79.9. The molecule has 102 valence electrons. The molecule has 0 aromatic heterocycles. The number of halogens is 1. The van der Waals surface area contributed by atoms with E-state index in [2.05, 4.69) is 67.1 Å². The van der Waals surface area contributed by atoms with Crippen molar-refractivity contribution in [3.8, 4) is 0 Å². The minimum absolute atomic E-state index is 0.494. The Morgan fingerprint density at radius 3 is 2.33 bits per heavy atom. The van der Waals surface area contributed by atoms with Crippen molar-refractivity contribution in [1.82, 2.24) is 5.32 Å². The summed E-state index contributed by atoms with van der Waals surface area (Å²) in [6.07, 6.45) is 3.65. The number of hydrogen-bond donors (Lipinski definition) is 1. The lowest BCUT2D eigenvalue weighted by Gasteiger charge is -2.28. The van der Waals surface area contributed by atoms with Crippen molar-refractivity contribution < 1.29 is 0 Å². The van der Waals surface area contributed by atoms with Gasteiger partial charge in [0.1, 0.15) is 0 Å². The lowest BCUT2D eigenvalue weighted by Crippen LogP contribution is -2.29. The van der Waals surface area contributed by atoms with Crippen molar-refractivity contribution in [2.45, 2.75) is 53.0 Å². The summed E-state index contributed by atoms with van der Waals surface area (Å²) in [5.74, 6) is 0.719. The van der Waals surface area contributed by atoms with E-state index in [-0.39, 0.29) is 0 Å². The number of nitrogens with one attached hydrogen (secondary N) is 1. The molecule has 18 heavy (non-hydrogen) atoms. The topological polar surface area (TPSA) is 12.0 Å². The Morgan fingerprint density at radius 2 is 1.83 bits per heavy atom. The van der Waals surface area contributed by atoms with Gasteiger partial charge in [0, 0.05) is 10.5 Å². The summed E-state index contributed by atoms with van der Waals surface area (Å²) >= 11 is 3.55. The molecule has 0 spiro atoms. The van der Waals surface area contributed by atoms with Crippen LogP contribution in [0.25, 0.3) is 0 Å². The Kier molecular flexibility index (Phi) is 6.95. The quantitative estimate of drug-likeness (QED) is 0.726. The Balaban J connectivity index is 3.00. The summed E-state index contributed by atoms with van der Waals surface area (Å²) in [4.78, 5) is 0. The van der Waals surface area contributed by atoms with Crippen LogP contribution in [0.4, 0.5) is 0 Å². The molecule has 1 N–H and O–H groups in total. The fourth-order valence-corrected chi connectivity index (χ4v) is 3.05. The van der Waals surface area contributed by atoms with Gasteiger partial charge in [0.25, 0.3) is 0 Å². The van der Waals surface area contributed by atoms with Crippen molar-refractivity contribution in [3.63, 3.8) is 0 Å². The molecule has 0 aliphatic heterocycles. The molecule has 0 fully saturated rings. The largest absolute Gasteiger partial charge is 0.310 e. The first-order valence-corrected chi connectivity index (χ1v) is 7.92. The monoisotopic (exact) mass is 311 g/mol. The fourth-order valence-electron chi connectivity index (χ4n) is 2.58. The summed E-state index contributed by atoms with van der Waals surface area (Å²) in [5.41, 5.74) is 2.84. The summed E-state index contributed by atoms with van der Waals surface area (Å²) < 4.78 is 1.17. The van der Waals surface area contributed by atoms with E-state index >= 15 is 0 Å². The third-order valence-electron chi connectivity index (χ3n) is 3.70. The maximum atomic E-state index is 3.73. The van der Waals surface area contributed by atoms with Crippen LogP contribution in [0.2, 0.25) is 0 Å². The maximum Gasteiger partial charge on any atom is 0.0351 e. The second-order valence-corrected chi connectivity index (χ2v) is 5.92. The van der Waals surface area contributed by atoms with Crippen LogP contribution in [0.1, 0.15) is 57.2 Å². The molecule has 0 aliphatic rings. The maximum absolute atomic E-state index is 3.73. The Labute approximate surface area is 120 Å². The van der Waals surface area contributed by atoms with Crippen LogP contribution < -0.4 is 5.32 Å². The molecule has 0 amide bonds. The zero-order valence-corrected chi connectivity index (χ0v) is 13.7. The second kappa shape index (κ2) is 7.96. The van der Waals surface area contributed by atoms with Gasteiger partial charge < -0.3 is 5.32 Å². The summed E-state index contributed by atoms with van der Waals surface area (Å²) in [7, 11) is 0. The van der Waals surface area contributed by atoms with Crippen LogP contribution in [0.3, 0.4) is 0 Å². The molecule has 2 heteroatoms. The Morgan fingerprint density at radius 1 is 1.17 bits per heavy atom. The second-order valence-electron chi connectivity index (χ2n) is 5.01. The van der Waals surface area contributed by atoms with Crippen molar-refractivity contribution in [3.05, 3.63) is 33.8 Å². The van der Waals surface area contributed by atoms with Crippen molar-refractivity contribution in [2.75, 3.05) is 6.54 Å². The average molecular weight is 312 g/mol. The minimum atomic E-state index is 0.494. The van der Waals surface area contributed by atoms with Crippen LogP contribution in [0.15, 0.2) is 22.7 Å². The molecular weight excluding hydrogens is 286 g/mol. The lowest BCUT2D eigenvalue weighted by atomic mass is 9.86. The lowest BCUT2D eigenvalue weighted by molar-refractivity contribution is 0.340. The molecule has 1 aromatic carbocycles. The highest BCUT2D eigenvalue weighted by Gasteiger charge is 2.21. The smallest absolute Gasteiger partial charge is 0.0351 e. The highest BCUT2D eigenvalue weighted by Crippen LogP contribution is 2.30. The molecule has 1 rings (SSSR count). The van der Waals surface area contributed by atoms with Gasteiger partial charge in [-0.15, -0.1) is 0 Å². The number of aryl methyl sites for hydroxylation is 1. The van der Waals surface area contributed by atoms with E-state index < -0.39 is 0 Å². The zero-order chi connectivity index (χ0) is 13.5. The van der Waals surface area contributed by atoms with Crippen LogP contribution >= 0.6 is 15.9 Å². The van der Waals surface area contributed by atoms with Gasteiger partial charge in [0.2, 0.25) is 0 Å². The standard InChI is InChI=1S/C16H26BrN/c1-5-10-18-16(13(6-2)7-3)15-9-8-14(17)11-12(15)4/h8-9,11,13,16,18H,5-7,10H2,1-4H3. The fraction of sp³-hybridized carbons (Fsp3) is 0.625. The van der Waals surface area contributed by atoms with Gasteiger partial charge in [-0.05, 0) is 49.1 Å². The van der Waals surface area contributed by atoms with Crippen LogP contribution in [-0.2, 0) is 0 Å². The van der Waals surface area contributed by atoms with E-state index in [9.17, 15) is 0 Å². The van der Waals surface area contributed by atoms with Crippen molar-refractivity contribution in [2.24, 2.45) is 5.92 Å². The summed E-state index contributed by atoms with van der Waals surface area (Å²) in [6.45, 7) is 10.1. The van der Waals surface area contributed by atoms with Gasteiger partial charge in [0.15, 0.2) is 0 Å². The molecule has 0 aliphatic carbocycles. The van der Waals surface area contributed by atoms with Gasteiger partial charge >= 0.3 is 0 Å². The molecule has 0 saturated carbocycles. The van der Waals surface area contributed by atoms with E-state index in [1.807, 2.05) is 0 Å². The number of rotatable bonds is 7. The van der Waals surface area contributed by atoms with Gasteiger partial charge in [-0.2, -0.15) is 0 Å². The summed E-state index contributed by atoms with van der Waals surface area (Å²) in [5, 5.41) is 3.73. The molecule has 0 heterocycles. The number of benzene rings is 1. The van der Waals surface area contributed by atoms with E-state index in [1.54, 1.807) is 0 Å². The first-order chi connectivity index (χ1) is 8.63. The predicted molar refractivity (Wildman–Crippen MR) is 84.0 cm³/mol. The van der Waals surface area contributed by atoms with E-state index in [4.69, 9.17) is 0 Å². The molecule has 1 nitrogen and oxygen atoms in total. The molecule has 0 radical (unpaired) electrons. The van der Waals surface area contributed by atoms with E-state index in [0.717, 1.165) is 12.5 Å². The molecule has 1 atom stereocenters. The third-order valence-corrected chi connectivity index (χ3v) is 4.19. The molecule has 1 unspecified atom stereocenters. The van der Waals surface area contributed by atoms with Crippen LogP contribution in [0.5, 0.6) is 0 Å². The summed E-state index contributed by atoms with van der Waals surface area (Å²) in [6, 6.07) is 7.14. The first-order valence-electron chi connectivity index (χ1n) is 7.13. The van der Waals surface area contributed by atoms with Crippen LogP contribution in [0, 0.1) is 12.8 Å². The zero-order valence-electron chi connectivity index (χ0n) is 12.1. The minimum Gasteiger partial charge on any atom is -0.310 e. The highest BCUT2D eigenvalue weighted by molar-refractivity contribution is 9.10. The molecule has 0 bridgehead atoms. The molecule has 0 saturated heterocycles. The van der Waals surface area contributed by atoms with E-state index in [1.165, 1.54) is 34.9 Å². The average Bonchev–Trinajstić information content (AvgIpc) is 2.35. The third kappa shape index (κ3) is 4.10. The van der Waals surface area contributed by atoms with Crippen LogP contribution in [-0.4, -0.2) is 6.54 Å². The molecule has 1 aromatic rings. The normalized spacial score (nSPS) is 13.0.